The summed E-state index contributed by atoms with van der Waals surface area (Å²) in [6, 6.07) is 8.77. The Kier molecular flexibility index (Phi) is 6.70. The van der Waals surface area contributed by atoms with E-state index in [1.54, 1.807) is 26.0 Å². The molecule has 0 aliphatic carbocycles. The van der Waals surface area contributed by atoms with E-state index in [1.165, 1.54) is 6.07 Å². The lowest BCUT2D eigenvalue weighted by Crippen LogP contribution is -2.45. The van der Waals surface area contributed by atoms with Gasteiger partial charge in [0.1, 0.15) is 5.75 Å². The first-order chi connectivity index (χ1) is 13.7. The van der Waals surface area contributed by atoms with E-state index in [1.807, 2.05) is 4.83 Å². The van der Waals surface area contributed by atoms with Crippen LogP contribution in [0.2, 0.25) is 0 Å². The maximum absolute atomic E-state index is 13.2. The van der Waals surface area contributed by atoms with E-state index >= 15 is 0 Å². The van der Waals surface area contributed by atoms with Gasteiger partial charge in [0, 0.05) is 0 Å². The van der Waals surface area contributed by atoms with Crippen LogP contribution in [0.4, 0.5) is 26.3 Å². The highest BCUT2D eigenvalue weighted by atomic mass is 32.2. The Labute approximate surface area is 168 Å². The number of sulfonamides is 1. The van der Waals surface area contributed by atoms with Crippen LogP contribution in [0.15, 0.2) is 52.5 Å². The molecule has 5 nitrogen and oxygen atoms in total. The van der Waals surface area contributed by atoms with Crippen molar-refractivity contribution in [2.45, 2.75) is 37.2 Å². The second-order valence-electron chi connectivity index (χ2n) is 6.26. The molecule has 1 unspecified atom stereocenters. The summed E-state index contributed by atoms with van der Waals surface area (Å²) in [5, 5.41) is 3.56. The molecule has 0 saturated carbocycles. The number of hydrogen-bond acceptors (Lipinski definition) is 4. The predicted octanol–water partition coefficient (Wildman–Crippen LogP) is 4.49. The number of hydrogen-bond donors (Lipinski definition) is 1. The van der Waals surface area contributed by atoms with E-state index in [9.17, 15) is 34.8 Å². The lowest BCUT2D eigenvalue weighted by molar-refractivity contribution is -0.304. The standard InChI is InChI=1S/C18H16F6N2O3S/c1-11-3-4-12(2)15(9-11)30(27,28)26-25-10-13-5-7-14(8-6-13)29-18(23,24)16(19)17(20,21)22/h3-10,16,26H,1-2H3. The Balaban J connectivity index is 2.07. The first-order valence-corrected chi connectivity index (χ1v) is 9.70. The summed E-state index contributed by atoms with van der Waals surface area (Å²) in [7, 11) is -3.96. The van der Waals surface area contributed by atoms with Gasteiger partial charge in [0.15, 0.2) is 0 Å². The smallest absolute Gasteiger partial charge is 0.430 e. The summed E-state index contributed by atoms with van der Waals surface area (Å²) >= 11 is 0. The molecule has 0 bridgehead atoms. The summed E-state index contributed by atoms with van der Waals surface area (Å²) in [5.41, 5.74) is 1.43. The van der Waals surface area contributed by atoms with Crippen molar-refractivity contribution < 1.29 is 39.5 Å². The van der Waals surface area contributed by atoms with Crippen molar-refractivity contribution in [3.63, 3.8) is 0 Å². The average Bonchev–Trinajstić information content (AvgIpc) is 2.63. The molecule has 2 aromatic carbocycles. The van der Waals surface area contributed by atoms with Gasteiger partial charge in [0.05, 0.1) is 11.1 Å². The van der Waals surface area contributed by atoms with Crippen LogP contribution in [-0.2, 0) is 10.0 Å². The minimum atomic E-state index is -5.79. The third-order valence-electron chi connectivity index (χ3n) is 3.74. The Morgan fingerprint density at radius 3 is 2.20 bits per heavy atom. The third kappa shape index (κ3) is 5.88. The molecular formula is C18H16F6N2O3S. The van der Waals surface area contributed by atoms with Crippen molar-refractivity contribution in [2.24, 2.45) is 5.10 Å². The van der Waals surface area contributed by atoms with Gasteiger partial charge in [-0.15, -0.1) is 0 Å². The summed E-state index contributed by atoms with van der Waals surface area (Å²) < 4.78 is 104. The van der Waals surface area contributed by atoms with Gasteiger partial charge in [-0.05, 0) is 60.9 Å². The van der Waals surface area contributed by atoms with Crippen LogP contribution >= 0.6 is 0 Å². The Morgan fingerprint density at radius 1 is 1.03 bits per heavy atom. The highest BCUT2D eigenvalue weighted by Gasteiger charge is 2.59. The van der Waals surface area contributed by atoms with Crippen molar-refractivity contribution in [3.8, 4) is 5.75 Å². The van der Waals surface area contributed by atoms with E-state index < -0.39 is 34.2 Å². The molecule has 1 atom stereocenters. The molecule has 30 heavy (non-hydrogen) atoms. The first-order valence-electron chi connectivity index (χ1n) is 8.22. The molecule has 2 rings (SSSR count). The number of nitrogens with zero attached hydrogens (tertiary/aromatic N) is 1. The molecule has 1 N–H and O–H groups in total. The fraction of sp³-hybridized carbons (Fsp3) is 0.278. The van der Waals surface area contributed by atoms with E-state index in [4.69, 9.17) is 0 Å². The van der Waals surface area contributed by atoms with Crippen LogP contribution in [0.5, 0.6) is 5.75 Å². The number of rotatable bonds is 7. The molecule has 0 saturated heterocycles. The number of hydrazone groups is 1. The Hall–Kier alpha value is -2.76. The zero-order chi connectivity index (χ0) is 22.7. The molecular weight excluding hydrogens is 438 g/mol. The summed E-state index contributed by atoms with van der Waals surface area (Å²) in [4.78, 5) is 2.02. The van der Waals surface area contributed by atoms with Gasteiger partial charge in [-0.25, -0.2) is 9.22 Å². The van der Waals surface area contributed by atoms with Gasteiger partial charge < -0.3 is 4.74 Å². The Bertz CT molecular complexity index is 1020. The highest BCUT2D eigenvalue weighted by molar-refractivity contribution is 7.89. The molecule has 0 aliphatic rings. The zero-order valence-electron chi connectivity index (χ0n) is 15.5. The quantitative estimate of drug-likeness (QED) is 0.381. The summed E-state index contributed by atoms with van der Waals surface area (Å²) in [6.45, 7) is 3.32. The number of alkyl halides is 6. The molecule has 12 heteroatoms. The highest BCUT2D eigenvalue weighted by Crippen LogP contribution is 2.36. The summed E-state index contributed by atoms with van der Waals surface area (Å²) in [6.07, 6.45) is -14.4. The van der Waals surface area contributed by atoms with Crippen LogP contribution in [0, 0.1) is 13.8 Å². The van der Waals surface area contributed by atoms with Gasteiger partial charge in [0.25, 0.3) is 16.2 Å². The number of nitrogens with one attached hydrogen (secondary N) is 1. The van der Waals surface area contributed by atoms with Gasteiger partial charge in [-0.3, -0.25) is 0 Å². The second kappa shape index (κ2) is 8.54. The third-order valence-corrected chi connectivity index (χ3v) is 5.10. The number of aryl methyl sites for hydroxylation is 2. The maximum atomic E-state index is 13.2. The number of ether oxygens (including phenoxy) is 1. The lowest BCUT2D eigenvalue weighted by atomic mass is 10.2. The van der Waals surface area contributed by atoms with Crippen molar-refractivity contribution >= 4 is 16.2 Å². The molecule has 0 aliphatic heterocycles. The fourth-order valence-electron chi connectivity index (χ4n) is 2.24. The van der Waals surface area contributed by atoms with Crippen molar-refractivity contribution in [3.05, 3.63) is 59.2 Å². The lowest BCUT2D eigenvalue weighted by Gasteiger charge is -2.23. The van der Waals surface area contributed by atoms with Crippen LogP contribution in [-0.4, -0.2) is 33.1 Å². The van der Waals surface area contributed by atoms with Gasteiger partial charge >= 0.3 is 12.3 Å². The van der Waals surface area contributed by atoms with Crippen molar-refractivity contribution in [1.29, 1.82) is 0 Å². The second-order valence-corrected chi connectivity index (χ2v) is 7.89. The van der Waals surface area contributed by atoms with E-state index in [2.05, 4.69) is 9.84 Å². The van der Waals surface area contributed by atoms with Crippen LogP contribution < -0.4 is 9.57 Å². The summed E-state index contributed by atoms with van der Waals surface area (Å²) in [5.74, 6) is -0.722. The van der Waals surface area contributed by atoms with Crippen LogP contribution in [0.3, 0.4) is 0 Å². The maximum Gasteiger partial charge on any atom is 0.439 e. The first kappa shape index (κ1) is 23.5. The molecule has 164 valence electrons. The van der Waals surface area contributed by atoms with Gasteiger partial charge in [-0.1, -0.05) is 12.1 Å². The minimum Gasteiger partial charge on any atom is -0.430 e. The Morgan fingerprint density at radius 2 is 1.63 bits per heavy atom. The minimum absolute atomic E-state index is 0.0241. The van der Waals surface area contributed by atoms with Crippen molar-refractivity contribution in [2.75, 3.05) is 0 Å². The molecule has 0 aromatic heterocycles. The van der Waals surface area contributed by atoms with Gasteiger partial charge in [-0.2, -0.15) is 35.5 Å². The van der Waals surface area contributed by atoms with E-state index in [0.717, 1.165) is 36.0 Å². The predicted molar refractivity (Wildman–Crippen MR) is 96.8 cm³/mol. The normalized spacial score (nSPS) is 14.0. The zero-order valence-corrected chi connectivity index (χ0v) is 16.4. The fourth-order valence-corrected chi connectivity index (χ4v) is 3.36. The van der Waals surface area contributed by atoms with Crippen molar-refractivity contribution in [1.82, 2.24) is 4.83 Å². The van der Waals surface area contributed by atoms with Crippen LogP contribution in [0.1, 0.15) is 16.7 Å². The average molecular weight is 454 g/mol. The molecule has 0 fully saturated rings. The SMILES string of the molecule is Cc1ccc(C)c(S(=O)(=O)NN=Cc2ccc(OC(F)(F)C(F)C(F)(F)F)cc2)c1. The monoisotopic (exact) mass is 454 g/mol. The topological polar surface area (TPSA) is 67.8 Å². The van der Waals surface area contributed by atoms with E-state index in [0.29, 0.717) is 5.56 Å². The largest absolute Gasteiger partial charge is 0.439 e. The van der Waals surface area contributed by atoms with E-state index in [-0.39, 0.29) is 10.5 Å². The molecule has 0 radical (unpaired) electrons. The van der Waals surface area contributed by atoms with Crippen LogP contribution in [0.25, 0.3) is 0 Å². The number of benzene rings is 2. The molecule has 0 heterocycles. The molecule has 2 aromatic rings. The number of halogens is 6. The molecule has 0 spiro atoms. The molecule has 0 amide bonds. The van der Waals surface area contributed by atoms with Gasteiger partial charge in [0.2, 0.25) is 0 Å².